The first kappa shape index (κ1) is 30.0. The number of nitrogens with one attached hydrogen (secondary N) is 4. The van der Waals surface area contributed by atoms with Crippen molar-refractivity contribution in [1.29, 1.82) is 0 Å². The van der Waals surface area contributed by atoms with Gasteiger partial charge in [-0.25, -0.2) is 13.8 Å². The van der Waals surface area contributed by atoms with Gasteiger partial charge in [0, 0.05) is 18.7 Å². The Morgan fingerprint density at radius 3 is 2.64 bits per heavy atom. The van der Waals surface area contributed by atoms with Crippen molar-refractivity contribution in [1.82, 2.24) is 30.6 Å². The molecule has 4 N–H and O–H groups in total. The van der Waals surface area contributed by atoms with Gasteiger partial charge in [-0.3, -0.25) is 0 Å². The van der Waals surface area contributed by atoms with Gasteiger partial charge in [0.25, 0.3) is 5.92 Å². The molecule has 0 fully saturated rings. The molecule has 1 atom stereocenters. The molecule has 0 aliphatic rings. The Hall–Kier alpha value is -3.51. The van der Waals surface area contributed by atoms with Gasteiger partial charge >= 0.3 is 170 Å². The number of hydrogen-bond acceptors (Lipinski definition) is 9. The van der Waals surface area contributed by atoms with E-state index in [0.29, 0.717) is 40.7 Å². The number of aromatic nitrogens is 4. The second-order valence-electron chi connectivity index (χ2n) is 9.01. The second-order valence-corrected chi connectivity index (χ2v) is 10.1. The Kier molecular flexibility index (Phi) is 10.4. The SMILES string of the molecule is [B]=Cc1c(NCCNC)ncnc1C(=C)NC(C)c1ncc(C(=CCC)Nc2cc(C(C)(F)F)c(C)cn2)s1. The van der Waals surface area contributed by atoms with Gasteiger partial charge in [-0.05, 0) is 18.6 Å². The van der Waals surface area contributed by atoms with Crippen molar-refractivity contribution in [2.75, 3.05) is 30.8 Å². The Bertz CT molecular complexity index is 1340. The first-order valence-corrected chi connectivity index (χ1v) is 13.4. The third kappa shape index (κ3) is 7.76. The van der Waals surface area contributed by atoms with Gasteiger partial charge < -0.3 is 0 Å². The van der Waals surface area contributed by atoms with E-state index < -0.39 is 5.92 Å². The van der Waals surface area contributed by atoms with Gasteiger partial charge in [-0.1, -0.05) is 6.92 Å². The number of thiazole rings is 1. The van der Waals surface area contributed by atoms with Crippen LogP contribution in [0.3, 0.4) is 0 Å². The van der Waals surface area contributed by atoms with Gasteiger partial charge in [0.05, 0.1) is 0 Å². The standard InChI is InChI=1S/C27H34BF2N8S/c1-7-8-21(38-23-11-20(27(5,29)30)16(2)13-33-23)22-14-34-26(39-22)18(4)37-17(3)24-19(12-28)25(36-15-35-24)32-10-9-31-6/h8,11-15,18,31,37H,3,7,9-10H2,1-2,4-6H3,(H,33,38)(H,32,35,36). The van der Waals surface area contributed by atoms with Crippen LogP contribution in [0.5, 0.6) is 0 Å². The van der Waals surface area contributed by atoms with Gasteiger partial charge in [0.1, 0.15) is 0 Å². The number of alkyl halides is 2. The summed E-state index contributed by atoms with van der Waals surface area (Å²) in [6.45, 7) is 12.1. The van der Waals surface area contributed by atoms with Gasteiger partial charge in [0.2, 0.25) is 0 Å². The van der Waals surface area contributed by atoms with Crippen LogP contribution < -0.4 is 21.3 Å². The normalized spacial score (nSPS) is 12.6. The fraction of sp³-hybridized carbons (Fsp3) is 0.370. The van der Waals surface area contributed by atoms with Crippen molar-refractivity contribution >= 4 is 47.8 Å². The van der Waals surface area contributed by atoms with E-state index >= 15 is 0 Å². The average Bonchev–Trinajstić information content (AvgIpc) is 3.39. The van der Waals surface area contributed by atoms with Crippen molar-refractivity contribution in [3.63, 3.8) is 0 Å². The zero-order valence-corrected chi connectivity index (χ0v) is 23.7. The van der Waals surface area contributed by atoms with E-state index in [9.17, 15) is 8.78 Å². The van der Waals surface area contributed by atoms with Crippen molar-refractivity contribution < 1.29 is 8.78 Å². The summed E-state index contributed by atoms with van der Waals surface area (Å²) in [5.41, 5.74) is 2.95. The van der Waals surface area contributed by atoms with Crippen LogP contribution in [-0.2, 0) is 5.92 Å². The maximum absolute atomic E-state index is 14.0. The molecule has 8 nitrogen and oxygen atoms in total. The molecule has 0 saturated carbocycles. The summed E-state index contributed by atoms with van der Waals surface area (Å²) < 4.78 is 28.1. The molecule has 3 heterocycles. The van der Waals surface area contributed by atoms with Crippen molar-refractivity contribution in [3.05, 3.63) is 69.7 Å². The Morgan fingerprint density at radius 1 is 1.21 bits per heavy atom. The summed E-state index contributed by atoms with van der Waals surface area (Å²) in [6, 6.07) is 1.20. The molecule has 205 valence electrons. The van der Waals surface area contributed by atoms with Crippen LogP contribution in [0.25, 0.3) is 11.4 Å². The monoisotopic (exact) mass is 551 g/mol. The van der Waals surface area contributed by atoms with E-state index in [1.807, 2.05) is 27.0 Å². The fourth-order valence-electron chi connectivity index (χ4n) is 3.86. The van der Waals surface area contributed by atoms with E-state index in [1.165, 1.54) is 35.9 Å². The van der Waals surface area contributed by atoms with E-state index in [1.54, 1.807) is 13.1 Å². The van der Waals surface area contributed by atoms with Crippen LogP contribution in [0.4, 0.5) is 20.4 Å². The number of halogens is 2. The molecule has 12 heteroatoms. The molecule has 0 aliphatic carbocycles. The minimum atomic E-state index is -2.96. The van der Waals surface area contributed by atoms with Crippen molar-refractivity contribution in [3.8, 4) is 0 Å². The molecule has 3 rings (SSSR count). The molecule has 1 radical (unpaired) electrons. The number of aryl methyl sites for hydroxylation is 1. The number of nitrogens with zero attached hydrogens (tertiary/aromatic N) is 4. The van der Waals surface area contributed by atoms with Gasteiger partial charge in [0.15, 0.2) is 0 Å². The van der Waals surface area contributed by atoms with Gasteiger partial charge in [-0.2, -0.15) is 0 Å². The minimum absolute atomic E-state index is 0.0589. The summed E-state index contributed by atoms with van der Waals surface area (Å²) in [5.74, 6) is -0.532. The average molecular weight is 552 g/mol. The molecule has 0 amide bonds. The zero-order chi connectivity index (χ0) is 28.6. The molecule has 39 heavy (non-hydrogen) atoms. The second kappa shape index (κ2) is 13.5. The van der Waals surface area contributed by atoms with Crippen LogP contribution in [0, 0.1) is 6.92 Å². The molecule has 0 bridgehead atoms. The summed E-state index contributed by atoms with van der Waals surface area (Å²) in [4.78, 5) is 18.4. The van der Waals surface area contributed by atoms with Crippen molar-refractivity contribution in [2.24, 2.45) is 0 Å². The Labute approximate surface area is 233 Å². The third-order valence-electron chi connectivity index (χ3n) is 5.80. The summed E-state index contributed by atoms with van der Waals surface area (Å²) in [5, 5.41) is 13.7. The number of allylic oxidation sites excluding steroid dienone is 1. The molecule has 1 unspecified atom stereocenters. The molecular weight excluding hydrogens is 517 g/mol. The molecule has 0 aromatic carbocycles. The third-order valence-corrected chi connectivity index (χ3v) is 7.01. The van der Waals surface area contributed by atoms with Crippen molar-refractivity contribution in [2.45, 2.75) is 46.1 Å². The molecule has 3 aromatic heterocycles. The van der Waals surface area contributed by atoms with Crippen LogP contribution >= 0.6 is 11.3 Å². The summed E-state index contributed by atoms with van der Waals surface area (Å²) in [6.07, 6.45) is 7.39. The Morgan fingerprint density at radius 2 is 1.97 bits per heavy atom. The number of pyridine rings is 1. The Balaban J connectivity index is 1.77. The fourth-order valence-corrected chi connectivity index (χ4v) is 4.78. The van der Waals surface area contributed by atoms with Crippen LogP contribution in [0.2, 0.25) is 0 Å². The molecule has 0 aliphatic heterocycles. The number of anilines is 2. The van der Waals surface area contributed by atoms with Crippen LogP contribution in [0.15, 0.2) is 37.4 Å². The molecular formula is C27H34BF2N8S. The quantitative estimate of drug-likeness (QED) is 0.166. The summed E-state index contributed by atoms with van der Waals surface area (Å²) in [7, 11) is 7.78. The number of hydrogen-bond donors (Lipinski definition) is 4. The predicted octanol–water partition coefficient (Wildman–Crippen LogP) is 4.88. The summed E-state index contributed by atoms with van der Waals surface area (Å²) >= 11 is 1.48. The number of rotatable bonds is 14. The first-order chi connectivity index (χ1) is 18.6. The van der Waals surface area contributed by atoms with E-state index in [2.05, 4.69) is 47.8 Å². The number of likely N-dealkylation sites (N-methyl/N-ethyl adjacent to an activating group) is 1. The van der Waals surface area contributed by atoms with E-state index in [4.69, 9.17) is 7.49 Å². The van der Waals surface area contributed by atoms with Crippen LogP contribution in [-0.4, -0.2) is 53.5 Å². The maximum atomic E-state index is 14.0. The predicted molar refractivity (Wildman–Crippen MR) is 158 cm³/mol. The van der Waals surface area contributed by atoms with E-state index in [0.717, 1.165) is 35.5 Å². The topological polar surface area (TPSA) is 99.7 Å². The molecule has 3 aromatic rings. The van der Waals surface area contributed by atoms with Crippen LogP contribution in [0.1, 0.15) is 65.5 Å². The first-order valence-electron chi connectivity index (χ1n) is 12.6. The van der Waals surface area contributed by atoms with E-state index in [-0.39, 0.29) is 11.6 Å². The zero-order valence-electron chi connectivity index (χ0n) is 22.9. The molecule has 0 saturated heterocycles. The molecule has 0 spiro atoms. The van der Waals surface area contributed by atoms with Gasteiger partial charge in [-0.15, -0.1) is 0 Å².